The minimum atomic E-state index is -0.0398. The van der Waals surface area contributed by atoms with Gasteiger partial charge in [-0.1, -0.05) is 48.9 Å². The lowest BCUT2D eigenvalue weighted by atomic mass is 10.0. The summed E-state index contributed by atoms with van der Waals surface area (Å²) in [6, 6.07) is 10.9. The molecule has 2 fully saturated rings. The summed E-state index contributed by atoms with van der Waals surface area (Å²) in [6.45, 7) is 9.92. The first-order chi connectivity index (χ1) is 14.6. The molecule has 2 N–H and O–H groups in total. The molecule has 0 saturated carbocycles. The second-order valence-electron chi connectivity index (χ2n) is 8.50. The zero-order chi connectivity index (χ0) is 21.3. The van der Waals surface area contributed by atoms with E-state index in [1.807, 2.05) is 31.2 Å². The van der Waals surface area contributed by atoms with Crippen LogP contribution in [0.3, 0.4) is 0 Å². The number of amides is 1. The van der Waals surface area contributed by atoms with E-state index in [4.69, 9.17) is 11.6 Å². The molecule has 2 aliphatic rings. The van der Waals surface area contributed by atoms with Gasteiger partial charge in [0.15, 0.2) is 0 Å². The first-order valence-electron chi connectivity index (χ1n) is 11.5. The van der Waals surface area contributed by atoms with Crippen molar-refractivity contribution in [2.45, 2.75) is 57.7 Å². The predicted octanol–water partition coefficient (Wildman–Crippen LogP) is 3.31. The maximum absolute atomic E-state index is 12.8. The quantitative estimate of drug-likeness (QED) is 0.628. The van der Waals surface area contributed by atoms with E-state index in [9.17, 15) is 4.79 Å². The van der Waals surface area contributed by atoms with Gasteiger partial charge in [0.05, 0.1) is 6.04 Å². The summed E-state index contributed by atoms with van der Waals surface area (Å²) in [7, 11) is 0. The molecule has 0 bridgehead atoms. The van der Waals surface area contributed by atoms with Gasteiger partial charge in [-0.3, -0.25) is 9.69 Å². The zero-order valence-electron chi connectivity index (χ0n) is 18.4. The van der Waals surface area contributed by atoms with Gasteiger partial charge in [-0.05, 0) is 63.9 Å². The van der Waals surface area contributed by atoms with E-state index in [1.54, 1.807) is 0 Å². The summed E-state index contributed by atoms with van der Waals surface area (Å²) in [5.74, 6) is 0.170. The fourth-order valence-corrected chi connectivity index (χ4v) is 4.98. The number of benzene rings is 1. The van der Waals surface area contributed by atoms with E-state index in [0.29, 0.717) is 19.1 Å². The normalized spacial score (nSPS) is 24.3. The highest BCUT2D eigenvalue weighted by Gasteiger charge is 2.40. The highest BCUT2D eigenvalue weighted by atomic mass is 35.5. The number of likely N-dealkylation sites (N-methyl/N-ethyl adjacent to an activating group) is 1. The van der Waals surface area contributed by atoms with Gasteiger partial charge in [-0.2, -0.15) is 0 Å². The van der Waals surface area contributed by atoms with Gasteiger partial charge in [0.2, 0.25) is 5.91 Å². The van der Waals surface area contributed by atoms with Crippen LogP contribution >= 0.6 is 11.6 Å². The van der Waals surface area contributed by atoms with Gasteiger partial charge in [0, 0.05) is 36.8 Å². The SMILES string of the molecule is CCCN1CCC(N2C[C@@H](NCC(Cl)=Cc3ccccc3)C[C@H]2C(=O)NCC)CC1. The first-order valence-corrected chi connectivity index (χ1v) is 11.9. The Morgan fingerprint density at radius 1 is 1.20 bits per heavy atom. The molecule has 1 amide bonds. The maximum Gasteiger partial charge on any atom is 0.237 e. The topological polar surface area (TPSA) is 47.6 Å². The van der Waals surface area contributed by atoms with E-state index < -0.39 is 0 Å². The molecule has 0 radical (unpaired) electrons. The summed E-state index contributed by atoms with van der Waals surface area (Å²) in [6.07, 6.45) is 6.36. The number of nitrogens with zero attached hydrogens (tertiary/aromatic N) is 2. The molecule has 30 heavy (non-hydrogen) atoms. The first kappa shape index (κ1) is 23.3. The van der Waals surface area contributed by atoms with Crippen LogP contribution in [-0.4, -0.2) is 73.1 Å². The monoisotopic (exact) mass is 432 g/mol. The number of rotatable bonds is 9. The van der Waals surface area contributed by atoms with Crippen LogP contribution < -0.4 is 10.6 Å². The molecule has 3 rings (SSSR count). The van der Waals surface area contributed by atoms with Gasteiger partial charge in [0.25, 0.3) is 0 Å². The van der Waals surface area contributed by atoms with Crippen molar-refractivity contribution in [2.75, 3.05) is 39.3 Å². The second kappa shape index (κ2) is 11.8. The molecule has 6 heteroatoms. The van der Waals surface area contributed by atoms with E-state index >= 15 is 0 Å². The van der Waals surface area contributed by atoms with E-state index in [2.05, 4.69) is 39.5 Å². The fraction of sp³-hybridized carbons (Fsp3) is 0.625. The fourth-order valence-electron chi connectivity index (χ4n) is 4.78. The third-order valence-corrected chi connectivity index (χ3v) is 6.48. The number of halogens is 1. The van der Waals surface area contributed by atoms with E-state index in [1.165, 1.54) is 13.0 Å². The number of nitrogens with one attached hydrogen (secondary N) is 2. The summed E-state index contributed by atoms with van der Waals surface area (Å²) < 4.78 is 0. The van der Waals surface area contributed by atoms with Crippen LogP contribution in [0.5, 0.6) is 0 Å². The summed E-state index contributed by atoms with van der Waals surface area (Å²) in [4.78, 5) is 17.8. The molecule has 2 heterocycles. The Morgan fingerprint density at radius 2 is 1.93 bits per heavy atom. The number of piperidine rings is 1. The number of likely N-dealkylation sites (tertiary alicyclic amines) is 2. The lowest BCUT2D eigenvalue weighted by molar-refractivity contribution is -0.126. The number of carbonyl (C=O) groups excluding carboxylic acids is 1. The molecule has 2 atom stereocenters. The van der Waals surface area contributed by atoms with Crippen molar-refractivity contribution >= 4 is 23.6 Å². The van der Waals surface area contributed by atoms with Gasteiger partial charge >= 0.3 is 0 Å². The second-order valence-corrected chi connectivity index (χ2v) is 8.98. The van der Waals surface area contributed by atoms with Crippen LogP contribution in [-0.2, 0) is 4.79 Å². The Morgan fingerprint density at radius 3 is 2.60 bits per heavy atom. The van der Waals surface area contributed by atoms with Gasteiger partial charge in [0.1, 0.15) is 0 Å². The smallest absolute Gasteiger partial charge is 0.237 e. The Kier molecular flexibility index (Phi) is 9.19. The predicted molar refractivity (Wildman–Crippen MR) is 126 cm³/mol. The Labute approximate surface area is 186 Å². The summed E-state index contributed by atoms with van der Waals surface area (Å²) in [5, 5.41) is 7.44. The van der Waals surface area contributed by atoms with Crippen LogP contribution in [0, 0.1) is 0 Å². The summed E-state index contributed by atoms with van der Waals surface area (Å²) in [5.41, 5.74) is 1.11. The Bertz CT molecular complexity index is 688. The number of hydrogen-bond donors (Lipinski definition) is 2. The van der Waals surface area contributed by atoms with Crippen molar-refractivity contribution in [2.24, 2.45) is 0 Å². The van der Waals surface area contributed by atoms with Crippen molar-refractivity contribution < 1.29 is 4.79 Å². The maximum atomic E-state index is 12.8. The number of carbonyl (C=O) groups is 1. The lowest BCUT2D eigenvalue weighted by Crippen LogP contribution is -2.51. The molecule has 166 valence electrons. The van der Waals surface area contributed by atoms with Crippen molar-refractivity contribution in [3.05, 3.63) is 40.9 Å². The molecular formula is C24H37ClN4O. The van der Waals surface area contributed by atoms with Crippen LogP contribution in [0.25, 0.3) is 6.08 Å². The van der Waals surface area contributed by atoms with Gasteiger partial charge in [-0.15, -0.1) is 0 Å². The molecule has 1 aromatic rings. The van der Waals surface area contributed by atoms with E-state index in [0.717, 1.165) is 49.5 Å². The number of hydrogen-bond acceptors (Lipinski definition) is 4. The third kappa shape index (κ3) is 6.55. The average Bonchev–Trinajstić information content (AvgIpc) is 3.18. The molecule has 5 nitrogen and oxygen atoms in total. The van der Waals surface area contributed by atoms with Crippen LogP contribution in [0.2, 0.25) is 0 Å². The lowest BCUT2D eigenvalue weighted by Gasteiger charge is -2.38. The molecule has 2 aliphatic heterocycles. The molecule has 0 aromatic heterocycles. The zero-order valence-corrected chi connectivity index (χ0v) is 19.2. The van der Waals surface area contributed by atoms with Gasteiger partial charge < -0.3 is 15.5 Å². The summed E-state index contributed by atoms with van der Waals surface area (Å²) >= 11 is 6.47. The van der Waals surface area contributed by atoms with Crippen molar-refractivity contribution in [3.63, 3.8) is 0 Å². The molecule has 0 unspecified atom stereocenters. The molecule has 1 aromatic carbocycles. The Balaban J connectivity index is 1.58. The van der Waals surface area contributed by atoms with Gasteiger partial charge in [-0.25, -0.2) is 0 Å². The average molecular weight is 433 g/mol. The van der Waals surface area contributed by atoms with Crippen molar-refractivity contribution in [1.29, 1.82) is 0 Å². The molecule has 0 aliphatic carbocycles. The minimum Gasteiger partial charge on any atom is -0.355 e. The standard InChI is InChI=1S/C24H37ClN4O/c1-3-12-28-13-10-22(11-14-28)29-18-21(16-23(29)24(30)26-4-2)27-17-20(25)15-19-8-6-5-7-9-19/h5-9,15,21-23,27H,3-4,10-14,16-18H2,1-2H3,(H,26,30)/t21-,23-/m0/s1. The highest BCUT2D eigenvalue weighted by molar-refractivity contribution is 6.31. The Hall–Kier alpha value is -1.40. The van der Waals surface area contributed by atoms with E-state index in [-0.39, 0.29) is 18.0 Å². The largest absolute Gasteiger partial charge is 0.355 e. The molecular weight excluding hydrogens is 396 g/mol. The van der Waals surface area contributed by atoms with Crippen molar-refractivity contribution in [1.82, 2.24) is 20.4 Å². The minimum absolute atomic E-state index is 0.0398. The molecule has 0 spiro atoms. The highest BCUT2D eigenvalue weighted by Crippen LogP contribution is 2.27. The van der Waals surface area contributed by atoms with Crippen LogP contribution in [0.1, 0.15) is 45.1 Å². The van der Waals surface area contributed by atoms with Crippen LogP contribution in [0.4, 0.5) is 0 Å². The van der Waals surface area contributed by atoms with Crippen molar-refractivity contribution in [3.8, 4) is 0 Å². The van der Waals surface area contributed by atoms with Crippen LogP contribution in [0.15, 0.2) is 35.4 Å². The molecule has 2 saturated heterocycles. The third-order valence-electron chi connectivity index (χ3n) is 6.24.